The lowest BCUT2D eigenvalue weighted by atomic mass is 10.1. The van der Waals surface area contributed by atoms with E-state index < -0.39 is 0 Å². The van der Waals surface area contributed by atoms with Crippen molar-refractivity contribution in [3.63, 3.8) is 0 Å². The molecular formula is C19H17N3O. The third-order valence-corrected chi connectivity index (χ3v) is 3.52. The van der Waals surface area contributed by atoms with E-state index in [1.54, 1.807) is 31.5 Å². The maximum Gasteiger partial charge on any atom is 0.116 e. The quantitative estimate of drug-likeness (QED) is 0.572. The zero-order valence-corrected chi connectivity index (χ0v) is 12.8. The topological polar surface area (TPSA) is 71.5 Å². The van der Waals surface area contributed by atoms with E-state index in [-0.39, 0.29) is 5.75 Å². The van der Waals surface area contributed by atoms with Crippen molar-refractivity contribution in [2.75, 3.05) is 12.8 Å². The molecule has 0 bridgehead atoms. The van der Waals surface area contributed by atoms with Crippen LogP contribution in [-0.4, -0.2) is 23.4 Å². The van der Waals surface area contributed by atoms with Crippen LogP contribution in [0.2, 0.25) is 0 Å². The molecule has 0 aliphatic rings. The van der Waals surface area contributed by atoms with Crippen LogP contribution in [0.4, 0.5) is 5.69 Å². The maximum absolute atomic E-state index is 9.48. The molecule has 2 aromatic carbocycles. The largest absolute Gasteiger partial charge is 0.508 e. The van der Waals surface area contributed by atoms with Crippen LogP contribution in [0.1, 0.15) is 16.8 Å². The average molecular weight is 303 g/mol. The Morgan fingerprint density at radius 2 is 1.91 bits per heavy atom. The second kappa shape index (κ2) is 6.32. The lowest BCUT2D eigenvalue weighted by Crippen LogP contribution is -1.93. The van der Waals surface area contributed by atoms with E-state index in [0.29, 0.717) is 5.69 Å². The van der Waals surface area contributed by atoms with Crippen molar-refractivity contribution in [3.8, 4) is 5.75 Å². The van der Waals surface area contributed by atoms with E-state index in [1.165, 1.54) is 0 Å². The Balaban J connectivity index is 1.90. The summed E-state index contributed by atoms with van der Waals surface area (Å²) in [6.07, 6.45) is 5.68. The molecule has 1 aromatic heterocycles. The number of aromatic nitrogens is 1. The van der Waals surface area contributed by atoms with Crippen molar-refractivity contribution in [1.82, 2.24) is 4.98 Å². The summed E-state index contributed by atoms with van der Waals surface area (Å²) in [5, 5.41) is 10.4. The number of rotatable bonds is 3. The summed E-state index contributed by atoms with van der Waals surface area (Å²) in [7, 11) is 1.72. The molecule has 0 unspecified atom stereocenters. The van der Waals surface area contributed by atoms with Crippen LogP contribution in [0.3, 0.4) is 0 Å². The van der Waals surface area contributed by atoms with Gasteiger partial charge in [-0.25, -0.2) is 4.98 Å². The molecule has 4 nitrogen and oxygen atoms in total. The highest BCUT2D eigenvalue weighted by Gasteiger charge is 1.99. The van der Waals surface area contributed by atoms with Gasteiger partial charge in [0.1, 0.15) is 5.75 Å². The Bertz CT molecular complexity index is 914. The van der Waals surface area contributed by atoms with Gasteiger partial charge >= 0.3 is 0 Å². The van der Waals surface area contributed by atoms with E-state index in [0.717, 1.165) is 27.7 Å². The fourth-order valence-corrected chi connectivity index (χ4v) is 2.35. The molecule has 0 spiro atoms. The zero-order valence-electron chi connectivity index (χ0n) is 12.8. The molecule has 0 radical (unpaired) electrons. The predicted octanol–water partition coefficient (Wildman–Crippen LogP) is 3.74. The number of pyridine rings is 1. The minimum atomic E-state index is 0.245. The third kappa shape index (κ3) is 3.37. The second-order valence-electron chi connectivity index (χ2n) is 5.22. The summed E-state index contributed by atoms with van der Waals surface area (Å²) in [5.74, 6) is 0.245. The molecule has 0 amide bonds. The number of hydrogen-bond donors (Lipinski definition) is 2. The Hall–Kier alpha value is -3.14. The second-order valence-corrected chi connectivity index (χ2v) is 5.22. The molecule has 1 heterocycles. The molecule has 3 N–H and O–H groups in total. The SMILES string of the molecule is CN=Cc1cc(/C=C/c2ccc3cc(O)ccc3n2)ccc1N. The van der Waals surface area contributed by atoms with Crippen molar-refractivity contribution in [2.24, 2.45) is 4.99 Å². The van der Waals surface area contributed by atoms with Crippen LogP contribution >= 0.6 is 0 Å². The van der Waals surface area contributed by atoms with Gasteiger partial charge < -0.3 is 10.8 Å². The Labute approximate surface area is 134 Å². The van der Waals surface area contributed by atoms with Crippen molar-refractivity contribution in [1.29, 1.82) is 0 Å². The molecule has 114 valence electrons. The molecule has 3 aromatic rings. The molecule has 3 rings (SSSR count). The van der Waals surface area contributed by atoms with Crippen molar-refractivity contribution in [3.05, 3.63) is 65.4 Å². The van der Waals surface area contributed by atoms with Crippen LogP contribution in [0.5, 0.6) is 5.75 Å². The van der Waals surface area contributed by atoms with Gasteiger partial charge in [0.05, 0.1) is 11.2 Å². The van der Waals surface area contributed by atoms with Gasteiger partial charge in [0.2, 0.25) is 0 Å². The fourth-order valence-electron chi connectivity index (χ4n) is 2.35. The van der Waals surface area contributed by atoms with Gasteiger partial charge in [0, 0.05) is 29.9 Å². The van der Waals surface area contributed by atoms with Gasteiger partial charge in [0.25, 0.3) is 0 Å². The predicted molar refractivity (Wildman–Crippen MR) is 96.7 cm³/mol. The van der Waals surface area contributed by atoms with Gasteiger partial charge in [-0.2, -0.15) is 0 Å². The van der Waals surface area contributed by atoms with Crippen LogP contribution in [0.15, 0.2) is 53.5 Å². The third-order valence-electron chi connectivity index (χ3n) is 3.52. The number of aliphatic imine (C=N–C) groups is 1. The summed E-state index contributed by atoms with van der Waals surface area (Å²) in [5.41, 5.74) is 10.2. The summed E-state index contributed by atoms with van der Waals surface area (Å²) in [4.78, 5) is 8.56. The van der Waals surface area contributed by atoms with Crippen LogP contribution in [0.25, 0.3) is 23.1 Å². The van der Waals surface area contributed by atoms with E-state index >= 15 is 0 Å². The number of phenols is 1. The molecule has 0 fully saturated rings. The Morgan fingerprint density at radius 3 is 2.74 bits per heavy atom. The molecule has 0 saturated carbocycles. The van der Waals surface area contributed by atoms with Crippen LogP contribution in [-0.2, 0) is 0 Å². The van der Waals surface area contributed by atoms with Gasteiger partial charge in [-0.1, -0.05) is 18.2 Å². The van der Waals surface area contributed by atoms with Gasteiger partial charge in [0.15, 0.2) is 0 Å². The highest BCUT2D eigenvalue weighted by atomic mass is 16.3. The normalized spacial score (nSPS) is 11.7. The van der Waals surface area contributed by atoms with E-state index in [2.05, 4.69) is 9.98 Å². The monoisotopic (exact) mass is 303 g/mol. The summed E-state index contributed by atoms with van der Waals surface area (Å²) >= 11 is 0. The Morgan fingerprint density at radius 1 is 1.04 bits per heavy atom. The minimum Gasteiger partial charge on any atom is -0.508 e. The first-order chi connectivity index (χ1) is 11.2. The number of hydrogen-bond acceptors (Lipinski definition) is 4. The lowest BCUT2D eigenvalue weighted by molar-refractivity contribution is 0.476. The maximum atomic E-state index is 9.48. The lowest BCUT2D eigenvalue weighted by Gasteiger charge is -2.02. The fraction of sp³-hybridized carbons (Fsp3) is 0.0526. The minimum absolute atomic E-state index is 0.245. The van der Waals surface area contributed by atoms with Crippen molar-refractivity contribution < 1.29 is 5.11 Å². The first-order valence-electron chi connectivity index (χ1n) is 7.25. The number of fused-ring (bicyclic) bond motifs is 1. The zero-order chi connectivity index (χ0) is 16.2. The number of benzene rings is 2. The van der Waals surface area contributed by atoms with Crippen LogP contribution < -0.4 is 5.73 Å². The summed E-state index contributed by atoms with van der Waals surface area (Å²) in [6, 6.07) is 14.8. The standard InChI is InChI=1S/C19H17N3O/c1-21-12-15-10-13(3-8-18(15)20)2-5-16-6-4-14-11-17(23)7-9-19(14)22-16/h2-12,23H,20H2,1H3/b5-2+,21-12?. The first-order valence-corrected chi connectivity index (χ1v) is 7.25. The first kappa shape index (κ1) is 14.8. The number of aromatic hydroxyl groups is 1. The van der Waals surface area contributed by atoms with Gasteiger partial charge in [-0.15, -0.1) is 0 Å². The highest BCUT2D eigenvalue weighted by molar-refractivity contribution is 5.88. The number of nitrogen functional groups attached to an aromatic ring is 1. The average Bonchev–Trinajstić information content (AvgIpc) is 2.55. The molecule has 0 aliphatic carbocycles. The van der Waals surface area contributed by atoms with E-state index in [4.69, 9.17) is 5.73 Å². The molecule has 0 aliphatic heterocycles. The number of phenolic OH excluding ortho intramolecular Hbond substituents is 1. The summed E-state index contributed by atoms with van der Waals surface area (Å²) < 4.78 is 0. The van der Waals surface area contributed by atoms with E-state index in [1.807, 2.05) is 42.5 Å². The van der Waals surface area contributed by atoms with Crippen molar-refractivity contribution >= 4 is 35.0 Å². The number of nitrogens with two attached hydrogens (primary N) is 1. The van der Waals surface area contributed by atoms with E-state index in [9.17, 15) is 5.11 Å². The van der Waals surface area contributed by atoms with Gasteiger partial charge in [-0.05, 0) is 48.0 Å². The smallest absolute Gasteiger partial charge is 0.116 e. The van der Waals surface area contributed by atoms with Gasteiger partial charge in [-0.3, -0.25) is 4.99 Å². The Kier molecular flexibility index (Phi) is 4.06. The molecule has 0 atom stereocenters. The molecular weight excluding hydrogens is 286 g/mol. The van der Waals surface area contributed by atoms with Crippen LogP contribution in [0, 0.1) is 0 Å². The molecule has 0 saturated heterocycles. The van der Waals surface area contributed by atoms with Crippen molar-refractivity contribution in [2.45, 2.75) is 0 Å². The molecule has 4 heteroatoms. The summed E-state index contributed by atoms with van der Waals surface area (Å²) in [6.45, 7) is 0. The highest BCUT2D eigenvalue weighted by Crippen LogP contribution is 2.20. The molecule has 23 heavy (non-hydrogen) atoms. The number of anilines is 1. The number of nitrogens with zero attached hydrogens (tertiary/aromatic N) is 2.